The van der Waals surface area contributed by atoms with Crippen LogP contribution in [-0.4, -0.2) is 38.7 Å². The minimum atomic E-state index is -4.72. The molecule has 0 aliphatic heterocycles. The fourth-order valence-corrected chi connectivity index (χ4v) is 4.74. The number of thiophene rings is 1. The Morgan fingerprint density at radius 3 is 2.52 bits per heavy atom. The van der Waals surface area contributed by atoms with Gasteiger partial charge in [0.15, 0.2) is 14.9 Å². The van der Waals surface area contributed by atoms with Gasteiger partial charge < -0.3 is 10.5 Å². The van der Waals surface area contributed by atoms with E-state index in [9.17, 15) is 21.6 Å². The van der Waals surface area contributed by atoms with Gasteiger partial charge in [-0.05, 0) is 53.8 Å². The SMILES string of the molecule is COc1ccccc1N=C(/C=C(\N)C(F)(F)F)c1cc(-c2cnc(S(C)(=O)=O)c(C)c2)cs1. The molecule has 11 heteroatoms. The molecule has 3 aromatic rings. The zero-order chi connectivity index (χ0) is 24.4. The van der Waals surface area contributed by atoms with Crippen molar-refractivity contribution in [2.45, 2.75) is 18.1 Å². The highest BCUT2D eigenvalue weighted by molar-refractivity contribution is 7.90. The largest absolute Gasteiger partial charge is 0.494 e. The number of methoxy groups -OCH3 is 1. The van der Waals surface area contributed by atoms with Crippen molar-refractivity contribution in [3.8, 4) is 16.9 Å². The minimum Gasteiger partial charge on any atom is -0.494 e. The molecule has 2 aromatic heterocycles. The summed E-state index contributed by atoms with van der Waals surface area (Å²) < 4.78 is 68.3. The van der Waals surface area contributed by atoms with E-state index in [0.29, 0.717) is 33.0 Å². The van der Waals surface area contributed by atoms with Crippen molar-refractivity contribution in [2.24, 2.45) is 10.7 Å². The molecule has 2 heterocycles. The lowest BCUT2D eigenvalue weighted by Crippen LogP contribution is -2.20. The number of ether oxygens (including phenoxy) is 1. The van der Waals surface area contributed by atoms with Gasteiger partial charge in [0.25, 0.3) is 0 Å². The maximum Gasteiger partial charge on any atom is 0.430 e. The van der Waals surface area contributed by atoms with E-state index in [2.05, 4.69) is 9.98 Å². The number of nitrogens with two attached hydrogens (primary N) is 1. The van der Waals surface area contributed by atoms with E-state index in [4.69, 9.17) is 10.5 Å². The standard InChI is InChI=1S/C22H20F3N3O3S2/c1-13-8-14(11-27-21(13)33(3,29)30)15-9-19(32-12-15)17(10-20(26)22(23,24)25)28-16-6-4-5-7-18(16)31-2/h4-12H,26H2,1-3H3/b20-10-,28-17?. The smallest absolute Gasteiger partial charge is 0.430 e. The molecule has 0 saturated heterocycles. The second kappa shape index (κ2) is 9.36. The number of alkyl halides is 3. The third kappa shape index (κ3) is 5.79. The number of allylic oxidation sites excluding steroid dienone is 2. The summed E-state index contributed by atoms with van der Waals surface area (Å²) in [5.41, 5.74) is 6.05. The molecular formula is C22H20F3N3O3S2. The Bertz CT molecular complexity index is 1340. The van der Waals surface area contributed by atoms with E-state index in [1.165, 1.54) is 24.6 Å². The Morgan fingerprint density at radius 2 is 1.91 bits per heavy atom. The molecule has 0 spiro atoms. The first-order valence-electron chi connectivity index (χ1n) is 9.42. The van der Waals surface area contributed by atoms with Crippen molar-refractivity contribution in [1.29, 1.82) is 0 Å². The molecule has 3 rings (SSSR count). The third-order valence-electron chi connectivity index (χ3n) is 4.51. The molecule has 174 valence electrons. The summed E-state index contributed by atoms with van der Waals surface area (Å²) >= 11 is 1.17. The van der Waals surface area contributed by atoms with Gasteiger partial charge in [-0.15, -0.1) is 11.3 Å². The molecule has 0 radical (unpaired) electrons. The van der Waals surface area contributed by atoms with Crippen LogP contribution in [0.2, 0.25) is 0 Å². The van der Waals surface area contributed by atoms with Crippen molar-refractivity contribution >= 4 is 32.6 Å². The van der Waals surface area contributed by atoms with Crippen molar-refractivity contribution in [3.63, 3.8) is 0 Å². The Hall–Kier alpha value is -3.18. The molecule has 1 aromatic carbocycles. The van der Waals surface area contributed by atoms with Gasteiger partial charge in [-0.25, -0.2) is 18.4 Å². The van der Waals surface area contributed by atoms with E-state index in [1.807, 2.05) is 0 Å². The van der Waals surface area contributed by atoms with Crippen LogP contribution in [0.4, 0.5) is 18.9 Å². The molecular weight excluding hydrogens is 475 g/mol. The Labute approximate surface area is 193 Å². The fourth-order valence-electron chi connectivity index (χ4n) is 2.97. The number of aliphatic imine (C=N–C) groups is 1. The molecule has 0 saturated carbocycles. The molecule has 6 nitrogen and oxygen atoms in total. The van der Waals surface area contributed by atoms with Crippen LogP contribution in [0, 0.1) is 6.92 Å². The van der Waals surface area contributed by atoms with Gasteiger partial charge in [-0.3, -0.25) is 0 Å². The molecule has 0 atom stereocenters. The lowest BCUT2D eigenvalue weighted by molar-refractivity contribution is -0.0925. The second-order valence-electron chi connectivity index (χ2n) is 7.08. The Balaban J connectivity index is 2.10. The topological polar surface area (TPSA) is 94.6 Å². The Kier molecular flexibility index (Phi) is 6.94. The summed E-state index contributed by atoms with van der Waals surface area (Å²) in [6, 6.07) is 9.97. The van der Waals surface area contributed by atoms with E-state index in [-0.39, 0.29) is 10.7 Å². The summed E-state index contributed by atoms with van der Waals surface area (Å²) in [7, 11) is -2.04. The zero-order valence-electron chi connectivity index (χ0n) is 17.8. The Morgan fingerprint density at radius 1 is 1.21 bits per heavy atom. The van der Waals surface area contributed by atoms with Crippen molar-refractivity contribution in [1.82, 2.24) is 4.98 Å². The normalized spacial score (nSPS) is 13.3. The number of rotatable bonds is 6. The molecule has 0 fully saturated rings. The number of aromatic nitrogens is 1. The van der Waals surface area contributed by atoms with Crippen LogP contribution in [0.3, 0.4) is 0 Å². The number of hydrogen-bond donors (Lipinski definition) is 1. The number of benzene rings is 1. The van der Waals surface area contributed by atoms with Gasteiger partial charge in [-0.2, -0.15) is 13.2 Å². The van der Waals surface area contributed by atoms with Crippen LogP contribution in [0.25, 0.3) is 11.1 Å². The third-order valence-corrected chi connectivity index (χ3v) is 6.59. The predicted octanol–water partition coefficient (Wildman–Crippen LogP) is 5.06. The molecule has 0 aliphatic rings. The number of hydrogen-bond acceptors (Lipinski definition) is 7. The van der Waals surface area contributed by atoms with Gasteiger partial charge in [0.1, 0.15) is 17.1 Å². The molecule has 2 N–H and O–H groups in total. The molecule has 0 unspecified atom stereocenters. The number of sulfone groups is 1. The number of nitrogens with zero attached hydrogens (tertiary/aromatic N) is 2. The quantitative estimate of drug-likeness (QED) is 0.483. The first-order chi connectivity index (χ1) is 15.4. The summed E-state index contributed by atoms with van der Waals surface area (Å²) in [4.78, 5) is 8.84. The van der Waals surface area contributed by atoms with Crippen LogP contribution in [0.1, 0.15) is 10.4 Å². The van der Waals surface area contributed by atoms with Crippen LogP contribution in [0.15, 0.2) is 69.8 Å². The van der Waals surface area contributed by atoms with E-state index in [1.54, 1.807) is 48.7 Å². The van der Waals surface area contributed by atoms with Crippen molar-refractivity contribution in [2.75, 3.05) is 13.4 Å². The summed E-state index contributed by atoms with van der Waals surface area (Å²) in [6.45, 7) is 1.63. The van der Waals surface area contributed by atoms with Crippen LogP contribution in [-0.2, 0) is 9.84 Å². The summed E-state index contributed by atoms with van der Waals surface area (Å²) in [5, 5.41) is 1.70. The maximum absolute atomic E-state index is 13.1. The highest BCUT2D eigenvalue weighted by Crippen LogP contribution is 2.32. The molecule has 0 bridgehead atoms. The molecule has 0 aliphatic carbocycles. The lowest BCUT2D eigenvalue weighted by atomic mass is 10.1. The van der Waals surface area contributed by atoms with E-state index >= 15 is 0 Å². The number of aryl methyl sites for hydroxylation is 1. The van der Waals surface area contributed by atoms with Crippen LogP contribution in [0.5, 0.6) is 5.75 Å². The monoisotopic (exact) mass is 495 g/mol. The average Bonchev–Trinajstić information content (AvgIpc) is 3.22. The van der Waals surface area contributed by atoms with Crippen LogP contribution >= 0.6 is 11.3 Å². The van der Waals surface area contributed by atoms with Gasteiger partial charge in [0.2, 0.25) is 0 Å². The highest BCUT2D eigenvalue weighted by atomic mass is 32.2. The number of para-hydroxylation sites is 2. The predicted molar refractivity (Wildman–Crippen MR) is 123 cm³/mol. The maximum atomic E-state index is 13.1. The summed E-state index contributed by atoms with van der Waals surface area (Å²) in [6.07, 6.45) is -1.46. The second-order valence-corrected chi connectivity index (χ2v) is 9.93. The fraction of sp³-hybridized carbons (Fsp3) is 0.182. The minimum absolute atomic E-state index is 0.00279. The van der Waals surface area contributed by atoms with Crippen molar-refractivity contribution in [3.05, 3.63) is 70.2 Å². The van der Waals surface area contributed by atoms with Gasteiger partial charge in [0, 0.05) is 18.0 Å². The number of pyridine rings is 1. The van der Waals surface area contributed by atoms with Crippen molar-refractivity contribution < 1.29 is 26.3 Å². The van der Waals surface area contributed by atoms with Gasteiger partial charge >= 0.3 is 6.18 Å². The van der Waals surface area contributed by atoms with Gasteiger partial charge in [-0.1, -0.05) is 12.1 Å². The zero-order valence-corrected chi connectivity index (χ0v) is 19.5. The first kappa shape index (κ1) is 24.5. The molecule has 33 heavy (non-hydrogen) atoms. The number of halogens is 3. The van der Waals surface area contributed by atoms with E-state index < -0.39 is 21.7 Å². The summed E-state index contributed by atoms with van der Waals surface area (Å²) in [5.74, 6) is 0.391. The average molecular weight is 496 g/mol. The van der Waals surface area contributed by atoms with Gasteiger partial charge in [0.05, 0.1) is 17.7 Å². The lowest BCUT2D eigenvalue weighted by Gasteiger charge is -2.09. The van der Waals surface area contributed by atoms with E-state index in [0.717, 1.165) is 12.3 Å². The highest BCUT2D eigenvalue weighted by Gasteiger charge is 2.32. The first-order valence-corrected chi connectivity index (χ1v) is 12.2. The van der Waals surface area contributed by atoms with Crippen LogP contribution < -0.4 is 10.5 Å². The molecule has 0 amide bonds.